The number of anilines is 1. The highest BCUT2D eigenvalue weighted by molar-refractivity contribution is 5.90. The molecule has 0 aliphatic heterocycles. The number of pyridine rings is 1. The molecule has 0 bridgehead atoms. The molecular formula is C15H14N4. The van der Waals surface area contributed by atoms with Gasteiger partial charge in [0.2, 0.25) is 0 Å². The molecule has 0 fully saturated rings. The highest BCUT2D eigenvalue weighted by Gasteiger charge is 2.08. The van der Waals surface area contributed by atoms with Crippen LogP contribution >= 0.6 is 0 Å². The first-order valence-corrected chi connectivity index (χ1v) is 6.29. The van der Waals surface area contributed by atoms with Crippen LogP contribution < -0.4 is 5.32 Å². The minimum Gasteiger partial charge on any atom is -0.370 e. The van der Waals surface area contributed by atoms with Gasteiger partial charge in [0.05, 0.1) is 5.52 Å². The highest BCUT2D eigenvalue weighted by atomic mass is 15.0. The fraction of sp³-hybridized carbons (Fsp3) is 0.133. The Hall–Kier alpha value is -2.49. The molecule has 0 aliphatic rings. The van der Waals surface area contributed by atoms with Crippen LogP contribution in [0.2, 0.25) is 0 Å². The van der Waals surface area contributed by atoms with Crippen LogP contribution in [0.4, 0.5) is 5.82 Å². The van der Waals surface area contributed by atoms with E-state index in [1.54, 1.807) is 12.4 Å². The Balaban J connectivity index is 2.22. The Kier molecular flexibility index (Phi) is 3.06. The average Bonchev–Trinajstić information content (AvgIpc) is 2.48. The zero-order valence-corrected chi connectivity index (χ0v) is 10.7. The summed E-state index contributed by atoms with van der Waals surface area (Å²) in [6.07, 6.45) is 3.52. The maximum atomic E-state index is 4.60. The van der Waals surface area contributed by atoms with E-state index in [0.717, 1.165) is 28.8 Å². The van der Waals surface area contributed by atoms with Gasteiger partial charge in [-0.1, -0.05) is 12.1 Å². The van der Waals surface area contributed by atoms with Gasteiger partial charge in [0.25, 0.3) is 0 Å². The standard InChI is InChI=1S/C15H14N4/c1-2-17-15-12-7-3-4-8-13(12)18-14(19-15)11-6-5-9-16-10-11/h3-10H,2H2,1H3,(H,17,18,19). The molecule has 0 aliphatic carbocycles. The molecule has 0 unspecified atom stereocenters. The van der Waals surface area contributed by atoms with Crippen molar-refractivity contribution in [1.29, 1.82) is 0 Å². The predicted molar refractivity (Wildman–Crippen MR) is 76.9 cm³/mol. The summed E-state index contributed by atoms with van der Waals surface area (Å²) in [5.41, 5.74) is 1.86. The average molecular weight is 250 g/mol. The van der Waals surface area contributed by atoms with Gasteiger partial charge < -0.3 is 5.32 Å². The molecule has 4 heteroatoms. The molecule has 94 valence electrons. The third-order valence-corrected chi connectivity index (χ3v) is 2.87. The number of hydrogen-bond acceptors (Lipinski definition) is 4. The van der Waals surface area contributed by atoms with Crippen molar-refractivity contribution in [3.8, 4) is 11.4 Å². The topological polar surface area (TPSA) is 50.7 Å². The minimum atomic E-state index is 0.697. The number of fused-ring (bicyclic) bond motifs is 1. The molecule has 0 spiro atoms. The van der Waals surface area contributed by atoms with Gasteiger partial charge in [-0.05, 0) is 31.2 Å². The molecule has 0 radical (unpaired) electrons. The molecule has 2 aromatic heterocycles. The number of nitrogens with zero attached hydrogens (tertiary/aromatic N) is 3. The van der Waals surface area contributed by atoms with Gasteiger partial charge in [-0.3, -0.25) is 4.98 Å². The van der Waals surface area contributed by atoms with Gasteiger partial charge in [-0.2, -0.15) is 0 Å². The minimum absolute atomic E-state index is 0.697. The molecule has 3 aromatic rings. The van der Waals surface area contributed by atoms with Gasteiger partial charge in [0, 0.05) is 29.9 Å². The lowest BCUT2D eigenvalue weighted by molar-refractivity contribution is 1.14. The maximum Gasteiger partial charge on any atom is 0.163 e. The summed E-state index contributed by atoms with van der Waals surface area (Å²) in [6, 6.07) is 11.9. The van der Waals surface area contributed by atoms with E-state index >= 15 is 0 Å². The number of para-hydroxylation sites is 1. The van der Waals surface area contributed by atoms with E-state index < -0.39 is 0 Å². The van der Waals surface area contributed by atoms with E-state index in [1.165, 1.54) is 0 Å². The first kappa shape index (κ1) is 11.6. The number of hydrogen-bond donors (Lipinski definition) is 1. The molecule has 0 saturated heterocycles. The van der Waals surface area contributed by atoms with Crippen molar-refractivity contribution in [3.63, 3.8) is 0 Å². The Labute approximate surface area is 111 Å². The summed E-state index contributed by atoms with van der Waals surface area (Å²) in [6.45, 7) is 2.88. The lowest BCUT2D eigenvalue weighted by atomic mass is 10.2. The number of aromatic nitrogens is 3. The summed E-state index contributed by atoms with van der Waals surface area (Å²) < 4.78 is 0. The lowest BCUT2D eigenvalue weighted by Gasteiger charge is -2.09. The van der Waals surface area contributed by atoms with Crippen molar-refractivity contribution in [2.45, 2.75) is 6.92 Å². The van der Waals surface area contributed by atoms with Crippen LogP contribution in [-0.4, -0.2) is 21.5 Å². The van der Waals surface area contributed by atoms with Crippen molar-refractivity contribution in [2.24, 2.45) is 0 Å². The van der Waals surface area contributed by atoms with Gasteiger partial charge >= 0.3 is 0 Å². The SMILES string of the molecule is CCNc1nc(-c2cccnc2)nc2ccccc12. The van der Waals surface area contributed by atoms with E-state index in [2.05, 4.69) is 27.2 Å². The van der Waals surface area contributed by atoms with E-state index in [4.69, 9.17) is 0 Å². The van der Waals surface area contributed by atoms with Crippen molar-refractivity contribution in [2.75, 3.05) is 11.9 Å². The third kappa shape index (κ3) is 2.25. The monoisotopic (exact) mass is 250 g/mol. The van der Waals surface area contributed by atoms with Crippen LogP contribution in [0, 0.1) is 0 Å². The number of benzene rings is 1. The Bertz CT molecular complexity index is 695. The third-order valence-electron chi connectivity index (χ3n) is 2.87. The van der Waals surface area contributed by atoms with Crippen LogP contribution in [0.25, 0.3) is 22.3 Å². The fourth-order valence-corrected chi connectivity index (χ4v) is 2.00. The molecule has 0 atom stereocenters. The summed E-state index contributed by atoms with van der Waals surface area (Å²) in [7, 11) is 0. The molecule has 1 aromatic carbocycles. The summed E-state index contributed by atoms with van der Waals surface area (Å²) in [5.74, 6) is 1.56. The van der Waals surface area contributed by atoms with Crippen molar-refractivity contribution >= 4 is 16.7 Å². The number of rotatable bonds is 3. The van der Waals surface area contributed by atoms with Crippen molar-refractivity contribution in [3.05, 3.63) is 48.8 Å². The summed E-state index contributed by atoms with van der Waals surface area (Å²) in [4.78, 5) is 13.3. The lowest BCUT2D eigenvalue weighted by Crippen LogP contribution is -2.02. The molecule has 1 N–H and O–H groups in total. The fourth-order valence-electron chi connectivity index (χ4n) is 2.00. The highest BCUT2D eigenvalue weighted by Crippen LogP contribution is 2.24. The normalized spacial score (nSPS) is 10.6. The van der Waals surface area contributed by atoms with Crippen LogP contribution in [0.3, 0.4) is 0 Å². The van der Waals surface area contributed by atoms with Crippen LogP contribution in [0.15, 0.2) is 48.8 Å². The summed E-state index contributed by atoms with van der Waals surface area (Å²) >= 11 is 0. The van der Waals surface area contributed by atoms with Gasteiger partial charge in [-0.15, -0.1) is 0 Å². The van der Waals surface area contributed by atoms with Gasteiger partial charge in [-0.25, -0.2) is 9.97 Å². The maximum absolute atomic E-state index is 4.60. The second-order valence-corrected chi connectivity index (χ2v) is 4.18. The van der Waals surface area contributed by atoms with Gasteiger partial charge in [0.1, 0.15) is 5.82 Å². The second kappa shape index (κ2) is 5.02. The molecular weight excluding hydrogens is 236 g/mol. The van der Waals surface area contributed by atoms with E-state index in [-0.39, 0.29) is 0 Å². The Morgan fingerprint density at radius 2 is 1.95 bits per heavy atom. The van der Waals surface area contributed by atoms with Crippen LogP contribution in [0.5, 0.6) is 0 Å². The molecule has 0 saturated carbocycles. The predicted octanol–water partition coefficient (Wildman–Crippen LogP) is 3.12. The van der Waals surface area contributed by atoms with Crippen molar-refractivity contribution in [1.82, 2.24) is 15.0 Å². The smallest absolute Gasteiger partial charge is 0.163 e. The first-order valence-electron chi connectivity index (χ1n) is 6.29. The second-order valence-electron chi connectivity index (χ2n) is 4.18. The summed E-state index contributed by atoms with van der Waals surface area (Å²) in [5, 5.41) is 4.33. The Morgan fingerprint density at radius 3 is 2.74 bits per heavy atom. The first-order chi connectivity index (χ1) is 9.38. The molecule has 3 rings (SSSR count). The van der Waals surface area contributed by atoms with Crippen molar-refractivity contribution < 1.29 is 0 Å². The van der Waals surface area contributed by atoms with Crippen LogP contribution in [0.1, 0.15) is 6.92 Å². The zero-order valence-electron chi connectivity index (χ0n) is 10.7. The van der Waals surface area contributed by atoms with Gasteiger partial charge in [0.15, 0.2) is 5.82 Å². The molecule has 19 heavy (non-hydrogen) atoms. The van der Waals surface area contributed by atoms with E-state index in [0.29, 0.717) is 5.82 Å². The molecule has 0 amide bonds. The number of nitrogens with one attached hydrogen (secondary N) is 1. The van der Waals surface area contributed by atoms with E-state index in [1.807, 2.05) is 36.4 Å². The quantitative estimate of drug-likeness (QED) is 0.776. The zero-order chi connectivity index (χ0) is 13.1. The molecule has 2 heterocycles. The Morgan fingerprint density at radius 1 is 1.05 bits per heavy atom. The van der Waals surface area contributed by atoms with Crippen LogP contribution in [-0.2, 0) is 0 Å². The largest absolute Gasteiger partial charge is 0.370 e. The molecule has 4 nitrogen and oxygen atoms in total. The van der Waals surface area contributed by atoms with E-state index in [9.17, 15) is 0 Å².